The Balaban J connectivity index is 1.71. The molecule has 2 fully saturated rings. The number of ether oxygens (including phenoxy) is 1. The Labute approximate surface area is 144 Å². The molecule has 0 unspecified atom stereocenters. The highest BCUT2D eigenvalue weighted by atomic mass is 16.6. The third-order valence-electron chi connectivity index (χ3n) is 4.82. The van der Waals surface area contributed by atoms with Crippen molar-refractivity contribution in [1.29, 1.82) is 0 Å². The Morgan fingerprint density at radius 3 is 2.56 bits per heavy atom. The van der Waals surface area contributed by atoms with E-state index >= 15 is 0 Å². The number of carboxylic acids is 2. The minimum atomic E-state index is -1.24. The van der Waals surface area contributed by atoms with E-state index in [1.165, 1.54) is 6.08 Å². The largest absolute Gasteiger partial charge is 0.481 e. The van der Waals surface area contributed by atoms with E-state index in [0.29, 0.717) is 18.1 Å². The maximum Gasteiger partial charge on any atom is 0.407 e. The molecule has 0 bridgehead atoms. The fourth-order valence-electron chi connectivity index (χ4n) is 3.56. The highest BCUT2D eigenvalue weighted by molar-refractivity contribution is 5.96. The number of cyclic esters (lactones) is 1. The van der Waals surface area contributed by atoms with Gasteiger partial charge in [-0.3, -0.25) is 4.79 Å². The van der Waals surface area contributed by atoms with E-state index in [1.807, 2.05) is 12.1 Å². The minimum Gasteiger partial charge on any atom is -0.481 e. The van der Waals surface area contributed by atoms with Crippen LogP contribution in [0.5, 0.6) is 0 Å². The van der Waals surface area contributed by atoms with Crippen LogP contribution in [0.4, 0.5) is 4.79 Å². The molecule has 25 heavy (non-hydrogen) atoms. The molecule has 7 nitrogen and oxygen atoms in total. The van der Waals surface area contributed by atoms with Crippen LogP contribution in [0.15, 0.2) is 29.8 Å². The van der Waals surface area contributed by atoms with Crippen molar-refractivity contribution in [2.24, 2.45) is 0 Å². The maximum atomic E-state index is 11.3. The highest BCUT2D eigenvalue weighted by Gasteiger charge is 2.45. The number of carboxylic acid groups (broad SMARTS) is 2. The summed E-state index contributed by atoms with van der Waals surface area (Å²) in [5.41, 5.74) is 1.34. The van der Waals surface area contributed by atoms with Gasteiger partial charge in [-0.2, -0.15) is 0 Å². The van der Waals surface area contributed by atoms with Crippen molar-refractivity contribution in [2.75, 3.05) is 6.61 Å². The topological polar surface area (TPSA) is 113 Å². The number of benzene rings is 1. The Morgan fingerprint density at radius 1 is 1.28 bits per heavy atom. The van der Waals surface area contributed by atoms with E-state index in [-0.39, 0.29) is 17.2 Å². The van der Waals surface area contributed by atoms with Gasteiger partial charge in [0.1, 0.15) is 6.61 Å². The first-order valence-electron chi connectivity index (χ1n) is 8.07. The summed E-state index contributed by atoms with van der Waals surface area (Å²) in [4.78, 5) is 33.1. The first kappa shape index (κ1) is 17.0. The third kappa shape index (κ3) is 3.81. The average molecular weight is 345 g/mol. The molecule has 0 aromatic heterocycles. The van der Waals surface area contributed by atoms with Gasteiger partial charge < -0.3 is 20.3 Å². The number of nitrogens with one attached hydrogen (secondary N) is 1. The van der Waals surface area contributed by atoms with Crippen LogP contribution in [0.3, 0.4) is 0 Å². The monoisotopic (exact) mass is 345 g/mol. The Bertz CT molecular complexity index is 738. The van der Waals surface area contributed by atoms with Crippen LogP contribution in [-0.4, -0.2) is 40.4 Å². The lowest BCUT2D eigenvalue weighted by Gasteiger charge is -2.20. The summed E-state index contributed by atoms with van der Waals surface area (Å²) in [5.74, 6) is -2.11. The molecule has 2 atom stereocenters. The standard InChI is InChI=1S/C18H19NO6/c20-15(21)8-14(16(22)23)7-11-1-3-12(4-2-11)13-5-6-18(9-13)10-25-17(24)19-18/h1-4,7,13H,5-6,8-10H2,(H,19,24)(H,20,21)(H,22,23)/t13-,18-/m1/s1. The summed E-state index contributed by atoms with van der Waals surface area (Å²) in [7, 11) is 0. The molecule has 1 aromatic rings. The quantitative estimate of drug-likeness (QED) is 0.706. The fourth-order valence-corrected chi connectivity index (χ4v) is 3.56. The number of amides is 1. The lowest BCUT2D eigenvalue weighted by atomic mass is 9.92. The predicted octanol–water partition coefficient (Wildman–Crippen LogP) is 2.38. The molecular weight excluding hydrogens is 326 g/mol. The lowest BCUT2D eigenvalue weighted by molar-refractivity contribution is -0.139. The van der Waals surface area contributed by atoms with E-state index in [1.54, 1.807) is 12.1 Å². The molecule has 7 heteroatoms. The molecule has 3 N–H and O–H groups in total. The molecule has 1 saturated carbocycles. The molecule has 2 aliphatic rings. The average Bonchev–Trinajstić information content (AvgIpc) is 3.13. The molecule has 1 heterocycles. The SMILES string of the molecule is O=C(O)CC(=Cc1ccc([C@@H]2CC[C@]3(COC(=O)N3)C2)cc1)C(=O)O. The molecule has 1 aromatic carbocycles. The molecular formula is C18H19NO6. The summed E-state index contributed by atoms with van der Waals surface area (Å²) >= 11 is 0. The van der Waals surface area contributed by atoms with E-state index < -0.39 is 18.4 Å². The van der Waals surface area contributed by atoms with Crippen molar-refractivity contribution >= 4 is 24.1 Å². The van der Waals surface area contributed by atoms with Gasteiger partial charge in [-0.1, -0.05) is 24.3 Å². The second kappa shape index (κ2) is 6.58. The maximum absolute atomic E-state index is 11.3. The summed E-state index contributed by atoms with van der Waals surface area (Å²) in [6, 6.07) is 7.42. The van der Waals surface area contributed by atoms with Gasteiger partial charge in [-0.05, 0) is 42.4 Å². The Morgan fingerprint density at radius 2 is 2.00 bits per heavy atom. The Kier molecular flexibility index (Phi) is 4.48. The van der Waals surface area contributed by atoms with Gasteiger partial charge in [-0.25, -0.2) is 9.59 Å². The zero-order valence-corrected chi connectivity index (χ0v) is 13.5. The predicted molar refractivity (Wildman–Crippen MR) is 88.1 cm³/mol. The number of carbonyl (C=O) groups excluding carboxylic acids is 1. The zero-order valence-electron chi connectivity index (χ0n) is 13.5. The zero-order chi connectivity index (χ0) is 18.0. The molecule has 0 radical (unpaired) electrons. The van der Waals surface area contributed by atoms with Crippen LogP contribution in [0.1, 0.15) is 42.7 Å². The van der Waals surface area contributed by atoms with Gasteiger partial charge in [0.2, 0.25) is 0 Å². The summed E-state index contributed by atoms with van der Waals surface area (Å²) < 4.78 is 5.03. The van der Waals surface area contributed by atoms with Gasteiger partial charge in [0.15, 0.2) is 0 Å². The van der Waals surface area contributed by atoms with Crippen molar-refractivity contribution in [1.82, 2.24) is 5.32 Å². The molecule has 1 aliphatic carbocycles. The number of alkyl carbamates (subject to hydrolysis) is 1. The number of carbonyl (C=O) groups is 3. The molecule has 3 rings (SSSR count). The van der Waals surface area contributed by atoms with Crippen molar-refractivity contribution in [3.05, 3.63) is 41.0 Å². The summed E-state index contributed by atoms with van der Waals surface area (Å²) in [5, 5.41) is 20.8. The third-order valence-corrected chi connectivity index (χ3v) is 4.82. The normalized spacial score (nSPS) is 25.7. The van der Waals surface area contributed by atoms with E-state index in [2.05, 4.69) is 5.32 Å². The van der Waals surface area contributed by atoms with Crippen molar-refractivity contribution < 1.29 is 29.3 Å². The van der Waals surface area contributed by atoms with Crippen LogP contribution < -0.4 is 5.32 Å². The Hall–Kier alpha value is -2.83. The van der Waals surface area contributed by atoms with Gasteiger partial charge in [0.05, 0.1) is 12.0 Å². The van der Waals surface area contributed by atoms with Crippen LogP contribution in [0.25, 0.3) is 6.08 Å². The molecule has 1 spiro atoms. The minimum absolute atomic E-state index is 0.161. The fraction of sp³-hybridized carbons (Fsp3) is 0.389. The van der Waals surface area contributed by atoms with E-state index in [9.17, 15) is 14.4 Å². The van der Waals surface area contributed by atoms with Gasteiger partial charge in [0.25, 0.3) is 0 Å². The van der Waals surface area contributed by atoms with Crippen molar-refractivity contribution in [3.63, 3.8) is 0 Å². The highest BCUT2D eigenvalue weighted by Crippen LogP contribution is 2.42. The van der Waals surface area contributed by atoms with Crippen molar-refractivity contribution in [3.8, 4) is 0 Å². The van der Waals surface area contributed by atoms with Gasteiger partial charge in [-0.15, -0.1) is 0 Å². The number of aliphatic carboxylic acids is 2. The van der Waals surface area contributed by atoms with E-state index in [0.717, 1.165) is 24.8 Å². The second-order valence-electron chi connectivity index (χ2n) is 6.63. The first-order chi connectivity index (χ1) is 11.9. The molecule has 1 amide bonds. The van der Waals surface area contributed by atoms with Gasteiger partial charge >= 0.3 is 18.0 Å². The van der Waals surface area contributed by atoms with Crippen LogP contribution in [0, 0.1) is 0 Å². The summed E-state index contributed by atoms with van der Waals surface area (Å²) in [6.07, 6.45) is 3.11. The van der Waals surface area contributed by atoms with E-state index in [4.69, 9.17) is 14.9 Å². The number of hydrogen-bond donors (Lipinski definition) is 3. The smallest absolute Gasteiger partial charge is 0.407 e. The molecule has 1 saturated heterocycles. The first-order valence-corrected chi connectivity index (χ1v) is 8.07. The van der Waals surface area contributed by atoms with Crippen LogP contribution >= 0.6 is 0 Å². The second-order valence-corrected chi connectivity index (χ2v) is 6.63. The summed E-state index contributed by atoms with van der Waals surface area (Å²) in [6.45, 7) is 0.403. The number of hydrogen-bond acceptors (Lipinski definition) is 4. The molecule has 1 aliphatic heterocycles. The van der Waals surface area contributed by atoms with Crippen LogP contribution in [-0.2, 0) is 14.3 Å². The van der Waals surface area contributed by atoms with Gasteiger partial charge in [0, 0.05) is 5.57 Å². The van der Waals surface area contributed by atoms with Crippen LogP contribution in [0.2, 0.25) is 0 Å². The molecule has 132 valence electrons. The number of rotatable bonds is 5. The lowest BCUT2D eigenvalue weighted by Crippen LogP contribution is -2.40. The van der Waals surface area contributed by atoms with Crippen molar-refractivity contribution in [2.45, 2.75) is 37.1 Å².